The van der Waals surface area contributed by atoms with Gasteiger partial charge in [0.2, 0.25) is 0 Å². The van der Waals surface area contributed by atoms with Gasteiger partial charge in [-0.1, -0.05) is 93.1 Å². The second-order valence-electron chi connectivity index (χ2n) is 10.7. The van der Waals surface area contributed by atoms with Gasteiger partial charge in [-0.25, -0.2) is 4.79 Å². The number of nitrogens with zero attached hydrogens (tertiary/aromatic N) is 3. The van der Waals surface area contributed by atoms with E-state index in [0.29, 0.717) is 23.2 Å². The van der Waals surface area contributed by atoms with Crippen molar-refractivity contribution in [2.24, 2.45) is 0 Å². The van der Waals surface area contributed by atoms with Crippen LogP contribution in [0.15, 0.2) is 70.6 Å². The summed E-state index contributed by atoms with van der Waals surface area (Å²) in [6, 6.07) is 17.3. The molecule has 2 heterocycles. The van der Waals surface area contributed by atoms with Gasteiger partial charge in [0.1, 0.15) is 5.52 Å². The summed E-state index contributed by atoms with van der Waals surface area (Å²) in [6.07, 6.45) is 16.6. The van der Waals surface area contributed by atoms with Crippen LogP contribution in [-0.2, 0) is 4.79 Å². The maximum absolute atomic E-state index is 12.9. The third-order valence-electron chi connectivity index (χ3n) is 7.31. The predicted octanol–water partition coefficient (Wildman–Crippen LogP) is 8.30. The normalized spacial score (nSPS) is 11.3. The predicted molar refractivity (Wildman–Crippen MR) is 175 cm³/mol. The van der Waals surface area contributed by atoms with E-state index in [2.05, 4.69) is 23.3 Å². The minimum absolute atomic E-state index is 0.140. The van der Waals surface area contributed by atoms with Crippen LogP contribution in [0.5, 0.6) is 0 Å². The number of benzene rings is 2. The van der Waals surface area contributed by atoms with E-state index < -0.39 is 0 Å². The number of pyridine rings is 1. The number of rotatable bonds is 16. The van der Waals surface area contributed by atoms with Crippen molar-refractivity contribution in [3.63, 3.8) is 0 Å². The Morgan fingerprint density at radius 3 is 2.37 bits per heavy atom. The van der Waals surface area contributed by atoms with Crippen LogP contribution in [0, 0.1) is 6.92 Å². The molecule has 1 N–H and O–H groups in total. The number of hydrogen-bond acceptors (Lipinski definition) is 6. The van der Waals surface area contributed by atoms with Gasteiger partial charge in [-0.15, -0.1) is 5.10 Å². The highest BCUT2D eigenvalue weighted by atomic mass is 32.2. The monoisotopic (exact) mass is 598 g/mol. The molecule has 0 unspecified atom stereocenters. The second-order valence-corrected chi connectivity index (χ2v) is 11.8. The van der Waals surface area contributed by atoms with Crippen molar-refractivity contribution in [1.29, 1.82) is 0 Å². The largest absolute Gasteiger partial charge is 0.355 e. The number of aromatic nitrogens is 3. The van der Waals surface area contributed by atoms with Crippen molar-refractivity contribution in [3.8, 4) is 0 Å². The summed E-state index contributed by atoms with van der Waals surface area (Å²) in [5.74, 6) is -0.438. The molecule has 0 spiro atoms. The summed E-state index contributed by atoms with van der Waals surface area (Å²) in [5.41, 5.74) is 3.78. The van der Waals surface area contributed by atoms with E-state index in [-0.39, 0.29) is 11.9 Å². The molecule has 1 amide bonds. The van der Waals surface area contributed by atoms with Gasteiger partial charge < -0.3 is 10.2 Å². The maximum Gasteiger partial charge on any atom is 0.334 e. The standard InChI is InChI=1S/C35H42N4O3S/c1-4-5-6-7-8-9-10-11-12-20-33(40)42-39-31-25-28(43-32-19-14-13-18-29(32)35(41)36-3)24-26(2)34(31)30(38-39)22-21-27-17-15-16-23-37-27/h13-19,21-25H,4-12,20H2,1-3H3,(H,36,41)/b22-21+. The lowest BCUT2D eigenvalue weighted by Crippen LogP contribution is -2.20. The highest BCUT2D eigenvalue weighted by molar-refractivity contribution is 7.99. The highest BCUT2D eigenvalue weighted by Gasteiger charge is 2.18. The highest BCUT2D eigenvalue weighted by Crippen LogP contribution is 2.35. The van der Waals surface area contributed by atoms with Gasteiger partial charge in [-0.3, -0.25) is 9.78 Å². The first kappa shape index (κ1) is 32.0. The first-order chi connectivity index (χ1) is 21.0. The van der Waals surface area contributed by atoms with Crippen molar-refractivity contribution in [2.75, 3.05) is 7.05 Å². The van der Waals surface area contributed by atoms with E-state index in [1.54, 1.807) is 13.2 Å². The molecule has 0 fully saturated rings. The number of carbonyl (C=O) groups is 2. The summed E-state index contributed by atoms with van der Waals surface area (Å²) in [5, 5.41) is 8.30. The molecule has 0 aliphatic rings. The Bertz CT molecular complexity index is 1530. The fourth-order valence-electron chi connectivity index (χ4n) is 5.03. The van der Waals surface area contributed by atoms with E-state index in [0.717, 1.165) is 45.7 Å². The molecule has 0 radical (unpaired) electrons. The summed E-state index contributed by atoms with van der Waals surface area (Å²) in [7, 11) is 1.63. The molecule has 0 saturated carbocycles. The van der Waals surface area contributed by atoms with E-state index in [1.165, 1.54) is 55.1 Å². The molecule has 0 saturated heterocycles. The molecule has 43 heavy (non-hydrogen) atoms. The lowest BCUT2D eigenvalue weighted by Gasteiger charge is -2.10. The second kappa shape index (κ2) is 16.7. The van der Waals surface area contributed by atoms with Gasteiger partial charge in [0, 0.05) is 34.8 Å². The van der Waals surface area contributed by atoms with Crippen LogP contribution in [0.2, 0.25) is 0 Å². The Kier molecular flexibility index (Phi) is 12.4. The molecule has 7 nitrogen and oxygen atoms in total. The molecule has 2 aromatic carbocycles. The smallest absolute Gasteiger partial charge is 0.334 e. The van der Waals surface area contributed by atoms with Gasteiger partial charge in [0.15, 0.2) is 0 Å². The van der Waals surface area contributed by atoms with Crippen LogP contribution in [0.1, 0.15) is 98.4 Å². The van der Waals surface area contributed by atoms with Crippen LogP contribution in [0.3, 0.4) is 0 Å². The third kappa shape index (κ3) is 9.29. The third-order valence-corrected chi connectivity index (χ3v) is 8.36. The number of carbonyl (C=O) groups excluding carboxylic acids is 2. The Hall–Kier alpha value is -3.91. The molecule has 0 aliphatic heterocycles. The van der Waals surface area contributed by atoms with E-state index in [4.69, 9.17) is 9.94 Å². The van der Waals surface area contributed by atoms with Crippen molar-refractivity contribution < 1.29 is 14.4 Å². The molecule has 2 aromatic heterocycles. The summed E-state index contributed by atoms with van der Waals surface area (Å²) in [4.78, 5) is 38.7. The van der Waals surface area contributed by atoms with E-state index in [1.807, 2.05) is 67.6 Å². The SMILES string of the molecule is CCCCCCCCCCCC(=O)On1nc(/C=C/c2ccccn2)c2c(C)cc(Sc3ccccc3C(=O)NC)cc21. The number of fused-ring (bicyclic) bond motifs is 1. The van der Waals surface area contributed by atoms with Gasteiger partial charge in [0.25, 0.3) is 5.91 Å². The van der Waals surface area contributed by atoms with Crippen molar-refractivity contribution in [3.05, 3.63) is 83.3 Å². The topological polar surface area (TPSA) is 86.1 Å². The van der Waals surface area contributed by atoms with Gasteiger partial charge in [0.05, 0.1) is 17.0 Å². The lowest BCUT2D eigenvalue weighted by atomic mass is 10.1. The zero-order chi connectivity index (χ0) is 30.4. The molecule has 0 bridgehead atoms. The van der Waals surface area contributed by atoms with Gasteiger partial charge in [-0.2, -0.15) is 0 Å². The maximum atomic E-state index is 12.9. The molecule has 4 rings (SSSR count). The van der Waals surface area contributed by atoms with Crippen LogP contribution in [0.25, 0.3) is 23.1 Å². The van der Waals surface area contributed by atoms with Crippen LogP contribution in [0.4, 0.5) is 0 Å². The first-order valence-corrected chi connectivity index (χ1v) is 16.1. The average molecular weight is 599 g/mol. The Labute approximate surface area is 259 Å². The van der Waals surface area contributed by atoms with Crippen molar-refractivity contribution in [1.82, 2.24) is 20.2 Å². The van der Waals surface area contributed by atoms with Crippen molar-refractivity contribution in [2.45, 2.75) is 87.8 Å². The van der Waals surface area contributed by atoms with Crippen LogP contribution >= 0.6 is 11.8 Å². The van der Waals surface area contributed by atoms with Crippen LogP contribution < -0.4 is 10.2 Å². The molecular weight excluding hydrogens is 556 g/mol. The van der Waals surface area contributed by atoms with Gasteiger partial charge >= 0.3 is 5.97 Å². The Morgan fingerprint density at radius 1 is 0.930 bits per heavy atom. The fourth-order valence-corrected chi connectivity index (χ4v) is 6.11. The summed E-state index contributed by atoms with van der Waals surface area (Å²) >= 11 is 1.49. The molecule has 0 atom stereocenters. The number of unbranched alkanes of at least 4 members (excludes halogenated alkanes) is 8. The van der Waals surface area contributed by atoms with Crippen molar-refractivity contribution >= 4 is 46.7 Å². The molecule has 0 aliphatic carbocycles. The zero-order valence-corrected chi connectivity index (χ0v) is 26.3. The number of aryl methyl sites for hydroxylation is 1. The summed E-state index contributed by atoms with van der Waals surface area (Å²) in [6.45, 7) is 4.25. The Morgan fingerprint density at radius 2 is 1.65 bits per heavy atom. The average Bonchev–Trinajstić information content (AvgIpc) is 3.36. The minimum atomic E-state index is -0.298. The van der Waals surface area contributed by atoms with E-state index >= 15 is 0 Å². The summed E-state index contributed by atoms with van der Waals surface area (Å²) < 4.78 is 0. The number of nitrogens with one attached hydrogen (secondary N) is 1. The van der Waals surface area contributed by atoms with E-state index in [9.17, 15) is 9.59 Å². The molecule has 4 aromatic rings. The first-order valence-electron chi connectivity index (χ1n) is 15.3. The molecular formula is C35H42N4O3S. The molecule has 8 heteroatoms. The number of amides is 1. The van der Waals surface area contributed by atoms with Crippen LogP contribution in [-0.4, -0.2) is 33.9 Å². The minimum Gasteiger partial charge on any atom is -0.355 e. The fraction of sp³-hybridized carbons (Fsp3) is 0.371. The molecule has 226 valence electrons. The Balaban J connectivity index is 1.53. The zero-order valence-electron chi connectivity index (χ0n) is 25.5. The van der Waals surface area contributed by atoms with Gasteiger partial charge in [-0.05, 0) is 67.5 Å². The number of hydrogen-bond donors (Lipinski definition) is 1. The lowest BCUT2D eigenvalue weighted by molar-refractivity contribution is -0.145. The quantitative estimate of drug-likeness (QED) is 0.131.